The first-order valence-corrected chi connectivity index (χ1v) is 5.56. The summed E-state index contributed by atoms with van der Waals surface area (Å²) >= 11 is 2.26. The third kappa shape index (κ3) is 2.60. The third-order valence-corrected chi connectivity index (χ3v) is 2.90. The zero-order valence-electron chi connectivity index (χ0n) is 8.43. The lowest BCUT2D eigenvalue weighted by atomic mass is 10.0. The van der Waals surface area contributed by atoms with Gasteiger partial charge in [-0.25, -0.2) is 8.78 Å². The highest BCUT2D eigenvalue weighted by Crippen LogP contribution is 2.36. The molecule has 0 atom stereocenters. The van der Waals surface area contributed by atoms with Gasteiger partial charge in [0.2, 0.25) is 0 Å². The van der Waals surface area contributed by atoms with Crippen molar-refractivity contribution in [2.24, 2.45) is 0 Å². The molecule has 0 amide bonds. The van der Waals surface area contributed by atoms with Gasteiger partial charge in [-0.05, 0) is 38.8 Å². The second-order valence-corrected chi connectivity index (χ2v) is 4.62. The summed E-state index contributed by atoms with van der Waals surface area (Å²) in [5, 5.41) is 1.02. The monoisotopic (exact) mass is 306 g/mol. The van der Waals surface area contributed by atoms with E-state index in [1.54, 1.807) is 0 Å². The fourth-order valence-electron chi connectivity index (χ4n) is 1.58. The Morgan fingerprint density at radius 3 is 2.12 bits per heavy atom. The molecule has 90 valence electrons. The molecule has 0 unspecified atom stereocenters. The van der Waals surface area contributed by atoms with Crippen LogP contribution in [0.5, 0.6) is 0 Å². The number of halogens is 5. The van der Waals surface area contributed by atoms with Gasteiger partial charge in [0, 0.05) is 11.1 Å². The van der Waals surface area contributed by atoms with Crippen LogP contribution < -0.4 is 0 Å². The van der Waals surface area contributed by atoms with E-state index in [1.165, 1.54) is 36.4 Å². The van der Waals surface area contributed by atoms with Crippen LogP contribution in [-0.4, -0.2) is 0 Å². The van der Waals surface area contributed by atoms with Crippen molar-refractivity contribution in [2.45, 2.75) is 11.3 Å². The summed E-state index contributed by atoms with van der Waals surface area (Å²) in [6, 6.07) is 7.86. The predicted molar refractivity (Wildman–Crippen MR) is 61.7 cm³/mol. The van der Waals surface area contributed by atoms with Gasteiger partial charge in [-0.2, -0.15) is 8.78 Å². The van der Waals surface area contributed by atoms with Crippen LogP contribution in [-0.2, 0) is 4.83 Å². The van der Waals surface area contributed by atoms with Gasteiger partial charge >= 0.3 is 4.83 Å². The number of hydrogen-bond donors (Lipinski definition) is 0. The van der Waals surface area contributed by atoms with E-state index in [2.05, 4.69) is 15.9 Å². The van der Waals surface area contributed by atoms with Gasteiger partial charge < -0.3 is 0 Å². The van der Waals surface area contributed by atoms with Crippen molar-refractivity contribution in [1.82, 2.24) is 0 Å². The minimum atomic E-state index is -3.11. The second-order valence-electron chi connectivity index (χ2n) is 3.62. The molecule has 0 radical (unpaired) electrons. The Balaban J connectivity index is 2.54. The van der Waals surface area contributed by atoms with Crippen molar-refractivity contribution in [3.05, 3.63) is 47.5 Å². The van der Waals surface area contributed by atoms with Gasteiger partial charge in [0.15, 0.2) is 0 Å². The summed E-state index contributed by atoms with van der Waals surface area (Å²) in [4.78, 5) is -3.11. The molecule has 0 spiro atoms. The van der Waals surface area contributed by atoms with Crippen molar-refractivity contribution in [3.63, 3.8) is 0 Å². The zero-order chi connectivity index (χ0) is 12.6. The average Bonchev–Trinajstić information content (AvgIpc) is 2.26. The first kappa shape index (κ1) is 12.4. The van der Waals surface area contributed by atoms with Gasteiger partial charge in [-0.3, -0.25) is 0 Å². The number of fused-ring (bicyclic) bond motifs is 1. The molecular weight excluding hydrogens is 300 g/mol. The maximum atomic E-state index is 13.0. The fourth-order valence-corrected chi connectivity index (χ4v) is 1.82. The van der Waals surface area contributed by atoms with Crippen molar-refractivity contribution in [1.29, 1.82) is 0 Å². The fraction of sp³-hybridized carbons (Fsp3) is 0.167. The Bertz CT molecular complexity index is 546. The average molecular weight is 307 g/mol. The number of alkyl halides is 5. The van der Waals surface area contributed by atoms with E-state index in [0.29, 0.717) is 10.8 Å². The summed E-state index contributed by atoms with van der Waals surface area (Å²) in [6.45, 7) is 0. The molecule has 0 aliphatic heterocycles. The quantitative estimate of drug-likeness (QED) is 0.527. The van der Waals surface area contributed by atoms with E-state index in [9.17, 15) is 17.6 Å². The van der Waals surface area contributed by atoms with Gasteiger partial charge in [-0.1, -0.05) is 24.3 Å². The van der Waals surface area contributed by atoms with Crippen LogP contribution in [0.15, 0.2) is 36.4 Å². The van der Waals surface area contributed by atoms with Gasteiger partial charge in [-0.15, -0.1) is 0 Å². The molecule has 0 saturated carbocycles. The predicted octanol–water partition coefficient (Wildman–Crippen LogP) is 5.22. The van der Waals surface area contributed by atoms with E-state index in [1.807, 2.05) is 0 Å². The molecule has 17 heavy (non-hydrogen) atoms. The van der Waals surface area contributed by atoms with Crippen LogP contribution >= 0.6 is 15.9 Å². The minimum Gasteiger partial charge on any atom is -0.205 e. The summed E-state index contributed by atoms with van der Waals surface area (Å²) in [5.41, 5.74) is -0.314. The first-order valence-electron chi connectivity index (χ1n) is 4.77. The SMILES string of the molecule is FC(F)c1ccc2cc(C(F)(F)Br)ccc2c1. The van der Waals surface area contributed by atoms with Crippen LogP contribution in [0.25, 0.3) is 10.8 Å². The van der Waals surface area contributed by atoms with Crippen LogP contribution in [0.4, 0.5) is 17.6 Å². The van der Waals surface area contributed by atoms with E-state index >= 15 is 0 Å². The molecule has 0 heterocycles. The lowest BCUT2D eigenvalue weighted by Gasteiger charge is -2.10. The van der Waals surface area contributed by atoms with Gasteiger partial charge in [0.1, 0.15) is 0 Å². The smallest absolute Gasteiger partial charge is 0.205 e. The summed E-state index contributed by atoms with van der Waals surface area (Å²) < 4.78 is 50.8. The molecular formula is C12H7BrF4. The number of benzene rings is 2. The number of hydrogen-bond acceptors (Lipinski definition) is 0. The molecule has 0 saturated heterocycles. The molecule has 0 aliphatic carbocycles. The van der Waals surface area contributed by atoms with Crippen molar-refractivity contribution in [3.8, 4) is 0 Å². The lowest BCUT2D eigenvalue weighted by Crippen LogP contribution is -2.01. The van der Waals surface area contributed by atoms with Crippen molar-refractivity contribution < 1.29 is 17.6 Å². The molecule has 2 rings (SSSR count). The largest absolute Gasteiger partial charge is 0.326 e. The molecule has 0 aromatic heterocycles. The molecule has 0 aliphatic rings. The first-order chi connectivity index (χ1) is 7.88. The van der Waals surface area contributed by atoms with E-state index in [-0.39, 0.29) is 11.1 Å². The standard InChI is InChI=1S/C12H7BrF4/c13-12(16,17)10-4-3-7-5-9(11(14)15)2-1-8(7)6-10/h1-6,11H. The van der Waals surface area contributed by atoms with Gasteiger partial charge in [0.25, 0.3) is 6.43 Å². The highest BCUT2D eigenvalue weighted by atomic mass is 79.9. The zero-order valence-corrected chi connectivity index (χ0v) is 10.0. The van der Waals surface area contributed by atoms with E-state index in [4.69, 9.17) is 0 Å². The maximum Gasteiger partial charge on any atom is 0.326 e. The Labute approximate surface area is 103 Å². The Kier molecular flexibility index (Phi) is 3.12. The molecule has 0 nitrogen and oxygen atoms in total. The third-order valence-electron chi connectivity index (χ3n) is 2.44. The maximum absolute atomic E-state index is 13.0. The van der Waals surface area contributed by atoms with Crippen molar-refractivity contribution in [2.75, 3.05) is 0 Å². The Morgan fingerprint density at radius 1 is 0.941 bits per heavy atom. The van der Waals surface area contributed by atoms with E-state index in [0.717, 1.165) is 0 Å². The molecule has 0 N–H and O–H groups in total. The van der Waals surface area contributed by atoms with Crippen LogP contribution in [0.3, 0.4) is 0 Å². The molecule has 2 aromatic rings. The lowest BCUT2D eigenvalue weighted by molar-refractivity contribution is 0.115. The molecule has 2 aromatic carbocycles. The number of rotatable bonds is 2. The molecule has 5 heteroatoms. The molecule has 0 fully saturated rings. The van der Waals surface area contributed by atoms with Crippen LogP contribution in [0.2, 0.25) is 0 Å². The topological polar surface area (TPSA) is 0 Å². The van der Waals surface area contributed by atoms with Crippen molar-refractivity contribution >= 4 is 26.7 Å². The Hall–Kier alpha value is -1.10. The summed E-state index contributed by atoms with van der Waals surface area (Å²) in [6.07, 6.45) is -2.56. The van der Waals surface area contributed by atoms with Crippen LogP contribution in [0.1, 0.15) is 17.6 Å². The van der Waals surface area contributed by atoms with Crippen LogP contribution in [0, 0.1) is 0 Å². The van der Waals surface area contributed by atoms with Gasteiger partial charge in [0.05, 0.1) is 0 Å². The minimum absolute atomic E-state index is 0.115. The normalized spacial score (nSPS) is 12.4. The molecule has 0 bridgehead atoms. The highest BCUT2D eigenvalue weighted by Gasteiger charge is 2.26. The second kappa shape index (κ2) is 4.29. The summed E-state index contributed by atoms with van der Waals surface area (Å²) in [7, 11) is 0. The summed E-state index contributed by atoms with van der Waals surface area (Å²) in [5.74, 6) is 0. The highest BCUT2D eigenvalue weighted by molar-refractivity contribution is 9.09. The Morgan fingerprint density at radius 2 is 1.53 bits per heavy atom. The van der Waals surface area contributed by atoms with E-state index < -0.39 is 11.3 Å².